The first-order chi connectivity index (χ1) is 10.4. The number of hydrogen-bond acceptors (Lipinski definition) is 5. The molecule has 0 atom stereocenters. The predicted molar refractivity (Wildman–Crippen MR) is 68.4 cm³/mol. The Labute approximate surface area is 143 Å². The molecule has 0 aliphatic heterocycles. The van der Waals surface area contributed by atoms with E-state index in [1.165, 1.54) is 6.92 Å². The average molecular weight is 509 g/mol. The normalized spacial score (nSPS) is 14.6. The van der Waals surface area contributed by atoms with Crippen LogP contribution in [0.2, 0.25) is 0 Å². The number of alkyl halides is 9. The van der Waals surface area contributed by atoms with Crippen molar-refractivity contribution in [2.45, 2.75) is 28.3 Å². The Morgan fingerprint density at radius 1 is 1.04 bits per heavy atom. The highest BCUT2D eigenvalue weighted by Gasteiger charge is 2.73. The van der Waals surface area contributed by atoms with Gasteiger partial charge in [0.05, 0.1) is 6.61 Å². The van der Waals surface area contributed by atoms with E-state index in [1.54, 1.807) is 0 Å². The Morgan fingerprint density at radius 2 is 1.50 bits per heavy atom. The first-order valence-electron chi connectivity index (χ1n) is 5.46. The number of carbonyl (C=O) groups is 1. The smallest absolute Gasteiger partial charge is 0.448 e. The van der Waals surface area contributed by atoms with Crippen molar-refractivity contribution >= 4 is 38.6 Å². The van der Waals surface area contributed by atoms with Crippen LogP contribution >= 0.6 is 22.6 Å². The van der Waals surface area contributed by atoms with Crippen LogP contribution in [0, 0.1) is 0 Å². The van der Waals surface area contributed by atoms with E-state index < -0.39 is 43.9 Å². The molecule has 16 heteroatoms. The molecular formula is C8H8F8INO5S. The number of nitrogens with one attached hydrogen (secondary N) is 1. The molecule has 144 valence electrons. The van der Waals surface area contributed by atoms with Gasteiger partial charge in [0.25, 0.3) is 10.0 Å². The third-order valence-electron chi connectivity index (χ3n) is 1.97. The van der Waals surface area contributed by atoms with E-state index in [0.29, 0.717) is 4.72 Å². The quantitative estimate of drug-likeness (QED) is 0.224. The molecule has 0 aromatic heterocycles. The molecule has 24 heavy (non-hydrogen) atoms. The van der Waals surface area contributed by atoms with E-state index in [1.807, 2.05) is 0 Å². The Bertz CT molecular complexity index is 563. The number of rotatable bonds is 9. The zero-order chi connectivity index (χ0) is 19.6. The van der Waals surface area contributed by atoms with Crippen LogP contribution in [-0.2, 0) is 24.3 Å². The van der Waals surface area contributed by atoms with E-state index in [4.69, 9.17) is 0 Å². The average Bonchev–Trinajstić information content (AvgIpc) is 2.33. The Balaban J connectivity index is 5.42. The van der Waals surface area contributed by atoms with Gasteiger partial charge in [0.1, 0.15) is 6.54 Å². The van der Waals surface area contributed by atoms with E-state index in [9.17, 15) is 48.3 Å². The van der Waals surface area contributed by atoms with E-state index >= 15 is 0 Å². The summed E-state index contributed by atoms with van der Waals surface area (Å²) in [5.74, 6) is -1.45. The molecule has 0 unspecified atom stereocenters. The lowest BCUT2D eigenvalue weighted by atomic mass is 10.6. The SMILES string of the molecule is CCOC(=O)CNS(=O)(=O)C(F)(F)C(F)(F)OC(F)(F)C(F)(F)I. The number of sulfonamides is 1. The largest absolute Gasteiger partial charge is 0.465 e. The van der Waals surface area contributed by atoms with Crippen molar-refractivity contribution in [3.05, 3.63) is 0 Å². The zero-order valence-corrected chi connectivity index (χ0v) is 14.2. The molecule has 6 nitrogen and oxygen atoms in total. The fourth-order valence-corrected chi connectivity index (χ4v) is 1.85. The Morgan fingerprint density at radius 3 is 1.88 bits per heavy atom. The molecular weight excluding hydrogens is 501 g/mol. The summed E-state index contributed by atoms with van der Waals surface area (Å²) < 4.78 is 126. The van der Waals surface area contributed by atoms with Gasteiger partial charge in [-0.25, -0.2) is 13.2 Å². The van der Waals surface area contributed by atoms with Crippen LogP contribution in [0.3, 0.4) is 0 Å². The van der Waals surface area contributed by atoms with Crippen molar-refractivity contribution in [2.24, 2.45) is 0 Å². The molecule has 0 amide bonds. The summed E-state index contributed by atoms with van der Waals surface area (Å²) in [6.45, 7) is -0.608. The molecule has 0 rings (SSSR count). The second-order valence-corrected chi connectivity index (χ2v) is 6.94. The summed E-state index contributed by atoms with van der Waals surface area (Å²) in [6, 6.07) is 0. The van der Waals surface area contributed by atoms with Crippen LogP contribution in [0.25, 0.3) is 0 Å². The van der Waals surface area contributed by atoms with Gasteiger partial charge < -0.3 is 4.74 Å². The van der Waals surface area contributed by atoms with Crippen LogP contribution in [-0.4, -0.2) is 48.9 Å². The number of hydrogen-bond donors (Lipinski definition) is 1. The minimum atomic E-state index is -6.56. The van der Waals surface area contributed by atoms with Gasteiger partial charge in [0.2, 0.25) is 0 Å². The molecule has 0 bridgehead atoms. The molecule has 0 aromatic carbocycles. The van der Waals surface area contributed by atoms with E-state index in [2.05, 4.69) is 9.47 Å². The topological polar surface area (TPSA) is 81.7 Å². The fourth-order valence-electron chi connectivity index (χ4n) is 0.891. The Kier molecular flexibility index (Phi) is 7.25. The van der Waals surface area contributed by atoms with E-state index in [0.717, 1.165) is 0 Å². The third kappa shape index (κ3) is 5.25. The molecule has 0 saturated heterocycles. The summed E-state index contributed by atoms with van der Waals surface area (Å²) in [5, 5.41) is -6.42. The van der Waals surface area contributed by atoms with Crippen LogP contribution in [0.1, 0.15) is 6.92 Å². The van der Waals surface area contributed by atoms with Crippen LogP contribution in [0.4, 0.5) is 35.1 Å². The lowest BCUT2D eigenvalue weighted by Gasteiger charge is -2.30. The maximum absolute atomic E-state index is 13.3. The second kappa shape index (κ2) is 7.40. The van der Waals surface area contributed by atoms with Gasteiger partial charge in [-0.15, -0.1) is 0 Å². The molecule has 0 spiro atoms. The van der Waals surface area contributed by atoms with Gasteiger partial charge in [-0.2, -0.15) is 39.8 Å². The maximum atomic E-state index is 13.3. The number of esters is 1. The van der Waals surface area contributed by atoms with Crippen LogP contribution in [0.5, 0.6) is 0 Å². The third-order valence-corrected chi connectivity index (χ3v) is 4.04. The lowest BCUT2D eigenvalue weighted by Crippen LogP contribution is -2.57. The second-order valence-electron chi connectivity index (χ2n) is 3.78. The molecule has 0 saturated carbocycles. The highest BCUT2D eigenvalue weighted by atomic mass is 127. The summed E-state index contributed by atoms with van der Waals surface area (Å²) in [7, 11) is -6.49. The highest BCUT2D eigenvalue weighted by molar-refractivity contribution is 14.1. The first kappa shape index (κ1) is 23.5. The summed E-state index contributed by atoms with van der Waals surface area (Å²) >= 11 is -0.370. The molecule has 0 aromatic rings. The number of ether oxygens (including phenoxy) is 2. The van der Waals surface area contributed by atoms with Crippen molar-refractivity contribution < 1.29 is 57.8 Å². The van der Waals surface area contributed by atoms with Crippen LogP contribution < -0.4 is 4.72 Å². The zero-order valence-electron chi connectivity index (χ0n) is 11.3. The van der Waals surface area contributed by atoms with Gasteiger partial charge in [-0.05, 0) is 6.92 Å². The maximum Gasteiger partial charge on any atom is 0.448 e. The van der Waals surface area contributed by atoms with Crippen molar-refractivity contribution in [3.8, 4) is 0 Å². The molecule has 0 fully saturated rings. The predicted octanol–water partition coefficient (Wildman–Crippen LogP) is 2.29. The summed E-state index contributed by atoms with van der Waals surface area (Å²) in [6.07, 6.45) is -12.7. The fraction of sp³-hybridized carbons (Fsp3) is 0.875. The monoisotopic (exact) mass is 509 g/mol. The van der Waals surface area contributed by atoms with Crippen molar-refractivity contribution in [1.82, 2.24) is 4.72 Å². The van der Waals surface area contributed by atoms with Gasteiger partial charge in [0, 0.05) is 22.6 Å². The van der Waals surface area contributed by atoms with Gasteiger partial charge >= 0.3 is 27.4 Å². The summed E-state index contributed by atoms with van der Waals surface area (Å²) in [4.78, 5) is 10.8. The van der Waals surface area contributed by atoms with Crippen molar-refractivity contribution in [3.63, 3.8) is 0 Å². The number of halogens is 9. The van der Waals surface area contributed by atoms with E-state index in [-0.39, 0.29) is 29.2 Å². The van der Waals surface area contributed by atoms with Gasteiger partial charge in [-0.3, -0.25) is 4.79 Å². The molecule has 0 aliphatic carbocycles. The van der Waals surface area contributed by atoms with Gasteiger partial charge in [0.15, 0.2) is 0 Å². The lowest BCUT2D eigenvalue weighted by molar-refractivity contribution is -0.438. The molecule has 0 heterocycles. The number of carbonyl (C=O) groups excluding carboxylic acids is 1. The Hall–Kier alpha value is -0.490. The molecule has 0 radical (unpaired) electrons. The summed E-state index contributed by atoms with van der Waals surface area (Å²) in [5.41, 5.74) is 0. The minimum Gasteiger partial charge on any atom is -0.465 e. The molecule has 0 aliphatic rings. The first-order valence-corrected chi connectivity index (χ1v) is 8.02. The standard InChI is InChI=1S/C8H8F8INO5S/c1-2-22-4(19)3-18-24(20,21)8(15,16)7(13,14)23-6(11,12)5(9,10)17/h18H,2-3H2,1H3. The van der Waals surface area contributed by atoms with Gasteiger partial charge in [-0.1, -0.05) is 0 Å². The van der Waals surface area contributed by atoms with Crippen molar-refractivity contribution in [1.29, 1.82) is 0 Å². The molecule has 1 N–H and O–H groups in total. The highest BCUT2D eigenvalue weighted by Crippen LogP contribution is 2.48. The minimum absolute atomic E-state index is 0.312. The van der Waals surface area contributed by atoms with Crippen molar-refractivity contribution in [2.75, 3.05) is 13.2 Å². The van der Waals surface area contributed by atoms with Crippen LogP contribution in [0.15, 0.2) is 0 Å².